The van der Waals surface area contributed by atoms with Crippen LogP contribution in [0, 0.1) is 5.92 Å². The minimum atomic E-state index is -3.85. The molecule has 0 radical (unpaired) electrons. The summed E-state index contributed by atoms with van der Waals surface area (Å²) >= 11 is 0. The molecule has 2 aromatic carbocycles. The van der Waals surface area contributed by atoms with E-state index >= 15 is 0 Å². The van der Waals surface area contributed by atoms with E-state index in [-0.39, 0.29) is 28.8 Å². The molecular formula is C21H21N5O4S. The van der Waals surface area contributed by atoms with E-state index in [9.17, 15) is 13.2 Å². The van der Waals surface area contributed by atoms with Crippen LogP contribution in [0.2, 0.25) is 0 Å². The molecule has 4 rings (SSSR count). The Bertz CT molecular complexity index is 1410. The number of para-hydroxylation sites is 2. The molecule has 0 saturated heterocycles. The van der Waals surface area contributed by atoms with Gasteiger partial charge >= 0.3 is 5.97 Å². The molecule has 0 aliphatic heterocycles. The van der Waals surface area contributed by atoms with Gasteiger partial charge in [0.15, 0.2) is 5.65 Å². The van der Waals surface area contributed by atoms with E-state index in [0.29, 0.717) is 27.9 Å². The molecule has 0 fully saturated rings. The third-order valence-electron chi connectivity index (χ3n) is 4.67. The number of carbonyl (C=O) groups excluding carboxylic acids is 1. The van der Waals surface area contributed by atoms with Crippen molar-refractivity contribution in [3.63, 3.8) is 0 Å². The summed E-state index contributed by atoms with van der Waals surface area (Å²) in [5.41, 5.74) is 8.89. The first-order valence-electron chi connectivity index (χ1n) is 9.54. The summed E-state index contributed by atoms with van der Waals surface area (Å²) < 4.78 is 30.1. The lowest BCUT2D eigenvalue weighted by Crippen LogP contribution is -2.13. The molecule has 0 unspecified atom stereocenters. The molecule has 0 spiro atoms. The molecule has 160 valence electrons. The normalized spacial score (nSPS) is 12.0. The number of nitrogens with zero attached hydrogens (tertiary/aromatic N) is 3. The van der Waals surface area contributed by atoms with Gasteiger partial charge in [0.25, 0.3) is 0 Å². The molecule has 0 bridgehead atoms. The van der Waals surface area contributed by atoms with Crippen LogP contribution < -0.4 is 10.9 Å². The number of hydrogen-bond acceptors (Lipinski definition) is 7. The molecule has 4 N–H and O–H groups in total. The lowest BCUT2D eigenvalue weighted by atomic mass is 10.2. The number of nitrogens with two attached hydrogens (primary N) is 2. The quantitative estimate of drug-likeness (QED) is 0.455. The van der Waals surface area contributed by atoms with Gasteiger partial charge in [-0.05, 0) is 42.3 Å². The highest BCUT2D eigenvalue weighted by atomic mass is 32.2. The second-order valence-electron chi connectivity index (χ2n) is 7.51. The van der Waals surface area contributed by atoms with Gasteiger partial charge in [0, 0.05) is 5.69 Å². The van der Waals surface area contributed by atoms with Gasteiger partial charge in [-0.2, -0.15) is 0 Å². The van der Waals surface area contributed by atoms with Gasteiger partial charge in [-0.15, -0.1) is 0 Å². The van der Waals surface area contributed by atoms with E-state index in [1.54, 1.807) is 16.7 Å². The third kappa shape index (κ3) is 3.82. The maximum atomic E-state index is 12.9. The Morgan fingerprint density at radius 1 is 1.06 bits per heavy atom. The number of anilines is 1. The van der Waals surface area contributed by atoms with E-state index in [2.05, 4.69) is 9.97 Å². The fraction of sp³-hybridized carbons (Fsp3) is 0.190. The summed E-state index contributed by atoms with van der Waals surface area (Å²) in [6, 6.07) is 13.0. The molecule has 0 aliphatic rings. The molecule has 2 heterocycles. The van der Waals surface area contributed by atoms with Crippen LogP contribution >= 0.6 is 0 Å². The van der Waals surface area contributed by atoms with Crippen LogP contribution in [0.25, 0.3) is 27.9 Å². The zero-order valence-corrected chi connectivity index (χ0v) is 17.8. The minimum absolute atomic E-state index is 0.0422. The molecule has 0 aliphatic carbocycles. The van der Waals surface area contributed by atoms with Crippen LogP contribution in [0.5, 0.6) is 0 Å². The molecular weight excluding hydrogens is 418 g/mol. The number of fused-ring (bicyclic) bond motifs is 2. The molecule has 10 heteroatoms. The van der Waals surface area contributed by atoms with Crippen molar-refractivity contribution in [1.29, 1.82) is 0 Å². The van der Waals surface area contributed by atoms with Crippen LogP contribution in [0.3, 0.4) is 0 Å². The van der Waals surface area contributed by atoms with Crippen molar-refractivity contribution < 1.29 is 17.9 Å². The van der Waals surface area contributed by atoms with Crippen LogP contribution in [0.15, 0.2) is 53.4 Å². The van der Waals surface area contributed by atoms with Gasteiger partial charge in [-0.3, -0.25) is 4.57 Å². The first-order chi connectivity index (χ1) is 14.7. The lowest BCUT2D eigenvalue weighted by Gasteiger charge is -2.09. The largest absolute Gasteiger partial charge is 0.462 e. The van der Waals surface area contributed by atoms with Crippen molar-refractivity contribution in [3.05, 3.63) is 54.1 Å². The van der Waals surface area contributed by atoms with Crippen molar-refractivity contribution in [1.82, 2.24) is 14.5 Å². The summed E-state index contributed by atoms with van der Waals surface area (Å²) in [7, 11) is -3.85. The predicted molar refractivity (Wildman–Crippen MR) is 117 cm³/mol. The van der Waals surface area contributed by atoms with E-state index in [1.807, 2.05) is 26.0 Å². The van der Waals surface area contributed by atoms with Crippen molar-refractivity contribution in [2.24, 2.45) is 11.1 Å². The zero-order valence-electron chi connectivity index (χ0n) is 16.9. The highest BCUT2D eigenvalue weighted by Gasteiger charge is 2.26. The maximum absolute atomic E-state index is 12.9. The Morgan fingerprint density at radius 2 is 1.68 bits per heavy atom. The first-order valence-corrected chi connectivity index (χ1v) is 11.1. The minimum Gasteiger partial charge on any atom is -0.462 e. The highest BCUT2D eigenvalue weighted by molar-refractivity contribution is 7.89. The number of sulfonamides is 1. The number of benzene rings is 2. The van der Waals surface area contributed by atoms with E-state index in [1.165, 1.54) is 24.3 Å². The van der Waals surface area contributed by atoms with Gasteiger partial charge < -0.3 is 10.5 Å². The smallest absolute Gasteiger partial charge is 0.344 e. The van der Waals surface area contributed by atoms with Crippen LogP contribution in [-0.2, 0) is 14.8 Å². The Kier molecular flexibility index (Phi) is 5.11. The van der Waals surface area contributed by atoms with Gasteiger partial charge in [0.1, 0.15) is 16.9 Å². The summed E-state index contributed by atoms with van der Waals surface area (Å²) in [6.45, 7) is 4.09. The number of primary sulfonamides is 1. The summed E-state index contributed by atoms with van der Waals surface area (Å²) in [4.78, 5) is 22.1. The molecule has 0 saturated carbocycles. The Balaban J connectivity index is 1.97. The number of esters is 1. The second-order valence-corrected chi connectivity index (χ2v) is 9.07. The van der Waals surface area contributed by atoms with Crippen molar-refractivity contribution >= 4 is 44.0 Å². The zero-order chi connectivity index (χ0) is 22.3. The van der Waals surface area contributed by atoms with Gasteiger partial charge in [0.05, 0.1) is 22.5 Å². The van der Waals surface area contributed by atoms with Crippen LogP contribution in [0.1, 0.15) is 24.2 Å². The lowest BCUT2D eigenvalue weighted by molar-refractivity contribution is 0.0462. The Morgan fingerprint density at radius 3 is 2.26 bits per heavy atom. The van der Waals surface area contributed by atoms with E-state index < -0.39 is 16.0 Å². The van der Waals surface area contributed by atoms with E-state index in [0.717, 1.165) is 0 Å². The Hall–Kier alpha value is -3.50. The fourth-order valence-electron chi connectivity index (χ4n) is 3.22. The molecule has 2 aromatic heterocycles. The average Bonchev–Trinajstić information content (AvgIpc) is 3.00. The van der Waals surface area contributed by atoms with Crippen LogP contribution in [0.4, 0.5) is 5.82 Å². The third-order valence-corrected chi connectivity index (χ3v) is 5.60. The van der Waals surface area contributed by atoms with E-state index in [4.69, 9.17) is 15.6 Å². The molecule has 4 aromatic rings. The Labute approximate surface area is 178 Å². The number of hydrogen-bond donors (Lipinski definition) is 2. The highest BCUT2D eigenvalue weighted by Crippen LogP contribution is 2.31. The number of carbonyl (C=O) groups is 1. The topological polar surface area (TPSA) is 143 Å². The average molecular weight is 439 g/mol. The van der Waals surface area contributed by atoms with Crippen molar-refractivity contribution in [2.45, 2.75) is 18.7 Å². The number of rotatable bonds is 5. The molecule has 0 atom stereocenters. The monoisotopic (exact) mass is 439 g/mol. The predicted octanol–water partition coefficient (Wildman–Crippen LogP) is 2.62. The maximum Gasteiger partial charge on any atom is 0.344 e. The van der Waals surface area contributed by atoms with Crippen molar-refractivity contribution in [2.75, 3.05) is 12.3 Å². The standard InChI is InChI=1S/C21H21N5O4S/c1-12(2)11-30-21(27)17-18-20(25-16-6-4-3-5-15(16)24-18)26(19(17)22)13-7-9-14(10-8-13)31(23,28)29/h3-10,12H,11,22H2,1-2H3,(H2,23,28,29). The van der Waals surface area contributed by atoms with Crippen LogP contribution in [-0.4, -0.2) is 35.5 Å². The van der Waals surface area contributed by atoms with Gasteiger partial charge in [0.2, 0.25) is 10.0 Å². The van der Waals surface area contributed by atoms with Crippen molar-refractivity contribution in [3.8, 4) is 5.69 Å². The van der Waals surface area contributed by atoms with Gasteiger partial charge in [-0.25, -0.2) is 28.3 Å². The number of nitrogen functional groups attached to an aromatic ring is 1. The summed E-state index contributed by atoms with van der Waals surface area (Å²) in [6.07, 6.45) is 0. The molecule has 9 nitrogen and oxygen atoms in total. The van der Waals surface area contributed by atoms with Gasteiger partial charge in [-0.1, -0.05) is 26.0 Å². The molecule has 31 heavy (non-hydrogen) atoms. The molecule has 0 amide bonds. The number of aromatic nitrogens is 3. The summed E-state index contributed by atoms with van der Waals surface area (Å²) in [5.74, 6) is -0.348. The summed E-state index contributed by atoms with van der Waals surface area (Å²) in [5, 5.41) is 5.19. The second kappa shape index (κ2) is 7.64. The fourth-order valence-corrected chi connectivity index (χ4v) is 3.74. The first kappa shape index (κ1) is 20.8. The number of ether oxygens (including phenoxy) is 1. The SMILES string of the molecule is CC(C)COC(=O)c1c(N)n(-c2ccc(S(N)(=O)=O)cc2)c2nc3ccccc3nc12.